The lowest BCUT2D eigenvalue weighted by atomic mass is 10.1. The largest absolute Gasteiger partial charge is 0.381 e. The van der Waals surface area contributed by atoms with Gasteiger partial charge in [0.05, 0.1) is 6.54 Å². The topological polar surface area (TPSA) is 55.3 Å². The molecule has 18 heavy (non-hydrogen) atoms. The molecule has 2 N–H and O–H groups in total. The minimum atomic E-state index is 0.434. The lowest BCUT2D eigenvalue weighted by Gasteiger charge is -2.15. The van der Waals surface area contributed by atoms with Gasteiger partial charge in [-0.15, -0.1) is 0 Å². The smallest absolute Gasteiger partial charge is 0.167 e. The minimum Gasteiger partial charge on any atom is -0.381 e. The minimum absolute atomic E-state index is 0.434. The van der Waals surface area contributed by atoms with Crippen LogP contribution in [-0.2, 0) is 13.0 Å². The molecule has 2 aromatic rings. The molecule has 0 atom stereocenters. The second-order valence-corrected chi connectivity index (χ2v) is 5.15. The van der Waals surface area contributed by atoms with E-state index in [0.29, 0.717) is 12.4 Å². The molecule has 5 heteroatoms. The second-order valence-electron chi connectivity index (χ2n) is 4.30. The van der Waals surface area contributed by atoms with Gasteiger partial charge in [0.1, 0.15) is 0 Å². The van der Waals surface area contributed by atoms with Crippen LogP contribution in [0.2, 0.25) is 0 Å². The summed E-state index contributed by atoms with van der Waals surface area (Å²) in [6, 6.07) is 10.0. The molecule has 0 bridgehead atoms. The molecule has 0 fully saturated rings. The molecule has 1 aromatic carbocycles. The van der Waals surface area contributed by atoms with Crippen molar-refractivity contribution in [3.63, 3.8) is 0 Å². The van der Waals surface area contributed by atoms with Crippen molar-refractivity contribution in [3.05, 3.63) is 46.1 Å². The molecule has 2 rings (SSSR count). The number of hydrogen-bond donors (Lipinski definition) is 1. The van der Waals surface area contributed by atoms with Gasteiger partial charge in [-0.3, -0.25) is 4.90 Å². The van der Waals surface area contributed by atoms with Crippen molar-refractivity contribution < 1.29 is 4.52 Å². The molecule has 0 unspecified atom stereocenters. The maximum Gasteiger partial charge on any atom is 0.167 e. The van der Waals surface area contributed by atoms with Crippen LogP contribution in [0.25, 0.3) is 0 Å². The molecule has 1 heterocycles. The molecule has 1 aromatic heterocycles. The number of anilines is 1. The van der Waals surface area contributed by atoms with E-state index in [1.165, 1.54) is 5.56 Å². The van der Waals surface area contributed by atoms with E-state index in [-0.39, 0.29) is 0 Å². The van der Waals surface area contributed by atoms with Gasteiger partial charge < -0.3 is 10.3 Å². The number of benzene rings is 1. The number of rotatable bonds is 5. The Bertz CT molecular complexity index is 512. The van der Waals surface area contributed by atoms with E-state index < -0.39 is 0 Å². The molecule has 4 nitrogen and oxygen atoms in total. The maximum atomic E-state index is 5.51. The number of aromatic nitrogens is 1. The Kier molecular flexibility index (Phi) is 4.38. The van der Waals surface area contributed by atoms with Crippen molar-refractivity contribution >= 4 is 21.7 Å². The zero-order valence-electron chi connectivity index (χ0n) is 10.3. The van der Waals surface area contributed by atoms with Crippen molar-refractivity contribution in [1.29, 1.82) is 0 Å². The average Bonchev–Trinajstić information content (AvgIpc) is 2.74. The van der Waals surface area contributed by atoms with Crippen LogP contribution in [0.3, 0.4) is 0 Å². The average molecular weight is 310 g/mol. The van der Waals surface area contributed by atoms with Gasteiger partial charge in [0, 0.05) is 17.1 Å². The van der Waals surface area contributed by atoms with E-state index in [4.69, 9.17) is 10.3 Å². The number of nitrogens with two attached hydrogens (primary N) is 1. The number of halogens is 1. The second kappa shape index (κ2) is 6.02. The molecule has 0 aliphatic heterocycles. The molecular weight excluding hydrogens is 294 g/mol. The highest BCUT2D eigenvalue weighted by molar-refractivity contribution is 9.10. The van der Waals surface area contributed by atoms with Gasteiger partial charge in [-0.05, 0) is 25.1 Å². The summed E-state index contributed by atoms with van der Waals surface area (Å²) in [4.78, 5) is 2.18. The van der Waals surface area contributed by atoms with Gasteiger partial charge in [0.15, 0.2) is 11.6 Å². The SMILES string of the molecule is CN(CCc1ccccc1Br)Cc1cc(N)no1. The number of nitrogen functional groups attached to an aromatic ring is 1. The van der Waals surface area contributed by atoms with E-state index in [1.807, 2.05) is 6.07 Å². The van der Waals surface area contributed by atoms with Crippen molar-refractivity contribution in [1.82, 2.24) is 10.1 Å². The van der Waals surface area contributed by atoms with Crippen LogP contribution in [-0.4, -0.2) is 23.6 Å². The fourth-order valence-electron chi connectivity index (χ4n) is 1.76. The summed E-state index contributed by atoms with van der Waals surface area (Å²) in [5.74, 6) is 1.23. The van der Waals surface area contributed by atoms with Gasteiger partial charge in [-0.2, -0.15) is 0 Å². The maximum absolute atomic E-state index is 5.51. The van der Waals surface area contributed by atoms with E-state index in [9.17, 15) is 0 Å². The van der Waals surface area contributed by atoms with Gasteiger partial charge in [0.25, 0.3) is 0 Å². The van der Waals surface area contributed by atoms with Crippen LogP contribution in [0.5, 0.6) is 0 Å². The Morgan fingerprint density at radius 3 is 2.83 bits per heavy atom. The molecule has 0 aliphatic rings. The summed E-state index contributed by atoms with van der Waals surface area (Å²) in [5, 5.41) is 3.67. The third-order valence-electron chi connectivity index (χ3n) is 2.72. The predicted molar refractivity (Wildman–Crippen MR) is 75.1 cm³/mol. The molecule has 0 saturated heterocycles. The zero-order valence-corrected chi connectivity index (χ0v) is 11.9. The lowest BCUT2D eigenvalue weighted by Crippen LogP contribution is -2.20. The quantitative estimate of drug-likeness (QED) is 0.922. The fraction of sp³-hybridized carbons (Fsp3) is 0.308. The molecule has 0 aliphatic carbocycles. The fourth-order valence-corrected chi connectivity index (χ4v) is 2.24. The van der Waals surface area contributed by atoms with Gasteiger partial charge in [-0.1, -0.05) is 39.3 Å². The van der Waals surface area contributed by atoms with Crippen LogP contribution in [0.1, 0.15) is 11.3 Å². The van der Waals surface area contributed by atoms with Crippen LogP contribution in [0.15, 0.2) is 39.3 Å². The van der Waals surface area contributed by atoms with Crippen molar-refractivity contribution in [2.24, 2.45) is 0 Å². The lowest BCUT2D eigenvalue weighted by molar-refractivity contribution is 0.275. The monoisotopic (exact) mass is 309 g/mol. The van der Waals surface area contributed by atoms with Gasteiger partial charge in [-0.25, -0.2) is 0 Å². The van der Waals surface area contributed by atoms with Crippen LogP contribution >= 0.6 is 15.9 Å². The van der Waals surface area contributed by atoms with Crippen molar-refractivity contribution in [2.75, 3.05) is 19.3 Å². The van der Waals surface area contributed by atoms with Crippen LogP contribution in [0, 0.1) is 0 Å². The third-order valence-corrected chi connectivity index (χ3v) is 3.50. The first-order valence-corrected chi connectivity index (χ1v) is 6.57. The molecule has 0 radical (unpaired) electrons. The van der Waals surface area contributed by atoms with Crippen molar-refractivity contribution in [3.8, 4) is 0 Å². The number of hydrogen-bond acceptors (Lipinski definition) is 4. The Morgan fingerprint density at radius 1 is 1.39 bits per heavy atom. The van der Waals surface area contributed by atoms with E-state index >= 15 is 0 Å². The molecule has 0 spiro atoms. The third kappa shape index (κ3) is 3.58. The Hall–Kier alpha value is -1.33. The highest BCUT2D eigenvalue weighted by atomic mass is 79.9. The van der Waals surface area contributed by atoms with Crippen molar-refractivity contribution in [2.45, 2.75) is 13.0 Å². The summed E-state index contributed by atoms with van der Waals surface area (Å²) in [5.41, 5.74) is 6.82. The Balaban J connectivity index is 1.85. The summed E-state index contributed by atoms with van der Waals surface area (Å²) >= 11 is 3.55. The van der Waals surface area contributed by atoms with Gasteiger partial charge in [0.2, 0.25) is 0 Å². The molecular formula is C13H16BrN3O. The van der Waals surface area contributed by atoms with Crippen LogP contribution < -0.4 is 5.73 Å². The molecule has 96 valence electrons. The Morgan fingerprint density at radius 2 is 2.17 bits per heavy atom. The van der Waals surface area contributed by atoms with E-state index in [2.05, 4.69) is 51.2 Å². The van der Waals surface area contributed by atoms with E-state index in [1.54, 1.807) is 6.07 Å². The van der Waals surface area contributed by atoms with E-state index in [0.717, 1.165) is 23.2 Å². The normalized spacial score (nSPS) is 11.1. The van der Waals surface area contributed by atoms with Crippen LogP contribution in [0.4, 0.5) is 5.82 Å². The summed E-state index contributed by atoms with van der Waals surface area (Å²) in [6.07, 6.45) is 0.988. The number of nitrogens with zero attached hydrogens (tertiary/aromatic N) is 2. The highest BCUT2D eigenvalue weighted by Gasteiger charge is 2.06. The molecule has 0 amide bonds. The highest BCUT2D eigenvalue weighted by Crippen LogP contribution is 2.16. The Labute approximate surface area is 115 Å². The standard InChI is InChI=1S/C13H16BrN3O/c1-17(9-11-8-13(15)16-18-11)7-6-10-4-2-3-5-12(10)14/h2-5,8H,6-7,9H2,1H3,(H2,15,16). The van der Waals surface area contributed by atoms with Gasteiger partial charge >= 0.3 is 0 Å². The molecule has 0 saturated carbocycles. The summed E-state index contributed by atoms with van der Waals surface area (Å²) < 4.78 is 6.24. The summed E-state index contributed by atoms with van der Waals surface area (Å²) in [7, 11) is 2.05. The summed E-state index contributed by atoms with van der Waals surface area (Å²) in [6.45, 7) is 1.66. The first-order valence-electron chi connectivity index (χ1n) is 5.78. The first-order chi connectivity index (χ1) is 8.65. The predicted octanol–water partition coefficient (Wildman–Crippen LogP) is 2.69. The number of likely N-dealkylation sites (N-methyl/N-ethyl adjacent to an activating group) is 1. The zero-order chi connectivity index (χ0) is 13.0. The first kappa shape index (κ1) is 13.1.